The molecule has 1 unspecified atom stereocenters. The highest BCUT2D eigenvalue weighted by Crippen LogP contribution is 2.48. The van der Waals surface area contributed by atoms with Crippen LogP contribution in [0, 0.1) is 0 Å². The van der Waals surface area contributed by atoms with Crippen LogP contribution in [-0.2, 0) is 12.8 Å². The van der Waals surface area contributed by atoms with Gasteiger partial charge in [0.15, 0.2) is 0 Å². The van der Waals surface area contributed by atoms with Crippen molar-refractivity contribution in [1.82, 2.24) is 5.32 Å². The van der Waals surface area contributed by atoms with Crippen LogP contribution in [0.4, 0.5) is 0 Å². The van der Waals surface area contributed by atoms with Crippen LogP contribution in [-0.4, -0.2) is 31.9 Å². The number of ether oxygens (including phenoxy) is 2. The van der Waals surface area contributed by atoms with Crippen molar-refractivity contribution in [3.63, 3.8) is 0 Å². The summed E-state index contributed by atoms with van der Waals surface area (Å²) in [4.78, 5) is 0. The standard InChI is InChI=1S/C15H20BrNO3/c1-17-8-11(18)12-9-4-2-7-20-15(9)13(16)10-5-3-6-19-14(10)12/h11,17-18H,2-8H2,1H3. The fourth-order valence-corrected chi connectivity index (χ4v) is 3.80. The van der Waals surface area contributed by atoms with Crippen LogP contribution in [0.5, 0.6) is 11.5 Å². The first-order chi connectivity index (χ1) is 9.74. The van der Waals surface area contributed by atoms with Crippen molar-refractivity contribution in [1.29, 1.82) is 0 Å². The lowest BCUT2D eigenvalue weighted by atomic mass is 9.90. The Kier molecular flexibility index (Phi) is 4.19. The van der Waals surface area contributed by atoms with Gasteiger partial charge in [-0.1, -0.05) is 0 Å². The zero-order valence-electron chi connectivity index (χ0n) is 11.7. The molecule has 0 fully saturated rings. The maximum absolute atomic E-state index is 10.5. The van der Waals surface area contributed by atoms with Crippen molar-refractivity contribution in [2.45, 2.75) is 31.8 Å². The Balaban J connectivity index is 2.19. The molecule has 0 aromatic heterocycles. The predicted octanol–water partition coefficient (Wildman–Crippen LogP) is 2.35. The van der Waals surface area contributed by atoms with E-state index in [2.05, 4.69) is 21.2 Å². The molecule has 0 aliphatic carbocycles. The molecule has 20 heavy (non-hydrogen) atoms. The summed E-state index contributed by atoms with van der Waals surface area (Å²) in [6.07, 6.45) is 3.33. The second-order valence-corrected chi connectivity index (χ2v) is 6.11. The van der Waals surface area contributed by atoms with Gasteiger partial charge in [-0.3, -0.25) is 0 Å². The number of halogens is 1. The summed E-state index contributed by atoms with van der Waals surface area (Å²) in [7, 11) is 1.85. The van der Waals surface area contributed by atoms with Crippen molar-refractivity contribution in [3.8, 4) is 11.5 Å². The lowest BCUT2D eigenvalue weighted by Gasteiger charge is -2.30. The largest absolute Gasteiger partial charge is 0.493 e. The lowest BCUT2D eigenvalue weighted by molar-refractivity contribution is 0.165. The zero-order valence-corrected chi connectivity index (χ0v) is 13.3. The molecule has 1 aromatic carbocycles. The number of hydrogen-bond donors (Lipinski definition) is 2. The predicted molar refractivity (Wildman–Crippen MR) is 80.7 cm³/mol. The number of likely N-dealkylation sites (N-methyl/N-ethyl adjacent to an activating group) is 1. The molecule has 0 radical (unpaired) electrons. The molecule has 2 aliphatic heterocycles. The summed E-state index contributed by atoms with van der Waals surface area (Å²) in [5.41, 5.74) is 3.17. The van der Waals surface area contributed by atoms with E-state index in [0.29, 0.717) is 6.54 Å². The second kappa shape index (κ2) is 5.92. The number of aliphatic hydroxyl groups is 1. The zero-order chi connectivity index (χ0) is 14.1. The summed E-state index contributed by atoms with van der Waals surface area (Å²) in [5.74, 6) is 1.78. The Bertz CT molecular complexity index is 481. The molecule has 0 saturated carbocycles. The number of hydrogen-bond acceptors (Lipinski definition) is 4. The van der Waals surface area contributed by atoms with Gasteiger partial charge in [0.1, 0.15) is 11.5 Å². The normalized spacial score (nSPS) is 18.6. The third kappa shape index (κ3) is 2.32. The molecular formula is C15H20BrNO3. The Labute approximate surface area is 127 Å². The van der Waals surface area contributed by atoms with Crippen LogP contribution in [0.25, 0.3) is 0 Å². The smallest absolute Gasteiger partial charge is 0.137 e. The van der Waals surface area contributed by atoms with E-state index in [-0.39, 0.29) is 0 Å². The lowest BCUT2D eigenvalue weighted by Crippen LogP contribution is -2.23. The van der Waals surface area contributed by atoms with Crippen LogP contribution in [0.2, 0.25) is 0 Å². The van der Waals surface area contributed by atoms with Gasteiger partial charge in [0.25, 0.3) is 0 Å². The highest BCUT2D eigenvalue weighted by molar-refractivity contribution is 9.10. The fourth-order valence-electron chi connectivity index (χ4n) is 3.07. The van der Waals surface area contributed by atoms with E-state index in [1.807, 2.05) is 7.05 Å². The van der Waals surface area contributed by atoms with Crippen molar-refractivity contribution < 1.29 is 14.6 Å². The monoisotopic (exact) mass is 341 g/mol. The molecule has 0 bridgehead atoms. The summed E-state index contributed by atoms with van der Waals surface area (Å²) in [5, 5.41) is 13.5. The number of benzene rings is 1. The fraction of sp³-hybridized carbons (Fsp3) is 0.600. The van der Waals surface area contributed by atoms with Gasteiger partial charge < -0.3 is 19.9 Å². The summed E-state index contributed by atoms with van der Waals surface area (Å²) < 4.78 is 12.8. The molecule has 3 rings (SSSR count). The number of rotatable bonds is 3. The van der Waals surface area contributed by atoms with Crippen molar-refractivity contribution >= 4 is 15.9 Å². The maximum Gasteiger partial charge on any atom is 0.137 e. The third-order valence-corrected chi connectivity index (χ3v) is 4.79. The average molecular weight is 342 g/mol. The van der Waals surface area contributed by atoms with Crippen molar-refractivity contribution in [2.75, 3.05) is 26.8 Å². The van der Waals surface area contributed by atoms with E-state index < -0.39 is 6.10 Å². The Morgan fingerprint density at radius 3 is 2.50 bits per heavy atom. The Morgan fingerprint density at radius 2 is 1.80 bits per heavy atom. The molecular weight excluding hydrogens is 322 g/mol. The van der Waals surface area contributed by atoms with E-state index in [4.69, 9.17) is 9.47 Å². The number of fused-ring (bicyclic) bond motifs is 2. The minimum atomic E-state index is -0.560. The molecule has 1 aromatic rings. The topological polar surface area (TPSA) is 50.7 Å². The average Bonchev–Trinajstić information content (AvgIpc) is 2.48. The summed E-state index contributed by atoms with van der Waals surface area (Å²) in [6.45, 7) is 1.98. The highest BCUT2D eigenvalue weighted by atomic mass is 79.9. The molecule has 0 amide bonds. The number of nitrogens with one attached hydrogen (secondary N) is 1. The molecule has 0 saturated heterocycles. The van der Waals surface area contributed by atoms with Gasteiger partial charge in [0, 0.05) is 23.2 Å². The highest BCUT2D eigenvalue weighted by Gasteiger charge is 2.31. The van der Waals surface area contributed by atoms with Gasteiger partial charge in [0.05, 0.1) is 23.8 Å². The van der Waals surface area contributed by atoms with Crippen LogP contribution >= 0.6 is 15.9 Å². The van der Waals surface area contributed by atoms with E-state index in [9.17, 15) is 5.11 Å². The molecule has 110 valence electrons. The van der Waals surface area contributed by atoms with Gasteiger partial charge >= 0.3 is 0 Å². The minimum absolute atomic E-state index is 0.518. The molecule has 1 atom stereocenters. The third-order valence-electron chi connectivity index (χ3n) is 3.95. The Morgan fingerprint density at radius 1 is 1.15 bits per heavy atom. The first-order valence-electron chi connectivity index (χ1n) is 7.19. The molecule has 0 spiro atoms. The van der Waals surface area contributed by atoms with E-state index in [0.717, 1.165) is 71.6 Å². The SMILES string of the molecule is CNCC(O)c1c2c(c(Br)c3c1OCCC3)OCCC2. The first kappa shape index (κ1) is 14.2. The van der Waals surface area contributed by atoms with Crippen LogP contribution in [0.15, 0.2) is 4.47 Å². The minimum Gasteiger partial charge on any atom is -0.493 e. The van der Waals surface area contributed by atoms with Gasteiger partial charge in [0.2, 0.25) is 0 Å². The summed E-state index contributed by atoms with van der Waals surface area (Å²) in [6, 6.07) is 0. The van der Waals surface area contributed by atoms with Crippen molar-refractivity contribution in [3.05, 3.63) is 21.2 Å². The quantitative estimate of drug-likeness (QED) is 0.886. The molecule has 4 nitrogen and oxygen atoms in total. The van der Waals surface area contributed by atoms with E-state index in [1.54, 1.807) is 0 Å². The van der Waals surface area contributed by atoms with Crippen LogP contribution in [0.3, 0.4) is 0 Å². The number of aliphatic hydroxyl groups excluding tert-OH is 1. The molecule has 2 aliphatic rings. The van der Waals surface area contributed by atoms with Gasteiger partial charge in [-0.15, -0.1) is 0 Å². The molecule has 2 N–H and O–H groups in total. The van der Waals surface area contributed by atoms with E-state index >= 15 is 0 Å². The van der Waals surface area contributed by atoms with Gasteiger partial charge in [-0.25, -0.2) is 0 Å². The van der Waals surface area contributed by atoms with Gasteiger partial charge in [-0.2, -0.15) is 0 Å². The van der Waals surface area contributed by atoms with Crippen LogP contribution in [0.1, 0.15) is 35.6 Å². The second-order valence-electron chi connectivity index (χ2n) is 5.32. The van der Waals surface area contributed by atoms with E-state index in [1.165, 1.54) is 0 Å². The molecule has 2 heterocycles. The maximum atomic E-state index is 10.5. The van der Waals surface area contributed by atoms with Gasteiger partial charge in [-0.05, 0) is 48.7 Å². The molecule has 5 heteroatoms. The Hall–Kier alpha value is -0.780. The first-order valence-corrected chi connectivity index (χ1v) is 7.98. The summed E-state index contributed by atoms with van der Waals surface area (Å²) >= 11 is 3.67. The van der Waals surface area contributed by atoms with Crippen molar-refractivity contribution in [2.24, 2.45) is 0 Å². The van der Waals surface area contributed by atoms with Crippen LogP contribution < -0.4 is 14.8 Å².